The molecule has 192 valence electrons. The van der Waals surface area contributed by atoms with E-state index >= 15 is 0 Å². The van der Waals surface area contributed by atoms with Gasteiger partial charge in [0.15, 0.2) is 0 Å². The molecule has 0 spiro atoms. The molecule has 10 heteroatoms. The Bertz CT molecular complexity index is 720. The standard InChI is InChI=1S/C23H46BN3O5S/c1-8-9-16-25-21(28)20(19-13-17-27(18-14-19)33(29,30)26(6)7)12-10-11-15-24-31-22(2,3)23(4,5)32-24/h19-20H,8-18H2,1-7H3,(H,25,28). The van der Waals surface area contributed by atoms with Crippen molar-refractivity contribution in [2.45, 2.75) is 97.1 Å². The maximum absolute atomic E-state index is 13.0. The van der Waals surface area contributed by atoms with E-state index in [1.54, 1.807) is 14.1 Å². The molecule has 2 fully saturated rings. The largest absolute Gasteiger partial charge is 0.457 e. The molecule has 33 heavy (non-hydrogen) atoms. The number of carbonyl (C=O) groups excluding carboxylic acids is 1. The van der Waals surface area contributed by atoms with Gasteiger partial charge in [0.05, 0.1) is 11.2 Å². The molecular formula is C23H46BN3O5S. The van der Waals surface area contributed by atoms with Crippen molar-refractivity contribution < 1.29 is 22.5 Å². The molecule has 1 N–H and O–H groups in total. The molecule has 2 heterocycles. The lowest BCUT2D eigenvalue weighted by Gasteiger charge is -2.36. The molecule has 1 unspecified atom stereocenters. The van der Waals surface area contributed by atoms with Crippen molar-refractivity contribution in [1.29, 1.82) is 0 Å². The number of carbonyl (C=O) groups is 1. The second kappa shape index (κ2) is 11.8. The van der Waals surface area contributed by atoms with Gasteiger partial charge in [-0.1, -0.05) is 26.2 Å². The van der Waals surface area contributed by atoms with E-state index in [1.165, 1.54) is 8.61 Å². The Kier molecular flexibility index (Phi) is 10.2. The van der Waals surface area contributed by atoms with Gasteiger partial charge in [-0.25, -0.2) is 0 Å². The van der Waals surface area contributed by atoms with Crippen LogP contribution in [0.1, 0.15) is 79.6 Å². The van der Waals surface area contributed by atoms with E-state index in [9.17, 15) is 13.2 Å². The number of unbranched alkanes of at least 4 members (excludes halogenated alkanes) is 2. The van der Waals surface area contributed by atoms with Crippen LogP contribution in [0.4, 0.5) is 0 Å². The molecule has 2 rings (SSSR count). The zero-order valence-corrected chi connectivity index (χ0v) is 22.7. The second-order valence-electron chi connectivity index (χ2n) is 10.7. The van der Waals surface area contributed by atoms with Gasteiger partial charge < -0.3 is 14.6 Å². The Morgan fingerprint density at radius 1 is 1.09 bits per heavy atom. The van der Waals surface area contributed by atoms with Gasteiger partial charge in [-0.05, 0) is 65.6 Å². The van der Waals surface area contributed by atoms with E-state index in [0.29, 0.717) is 19.6 Å². The Balaban J connectivity index is 1.90. The van der Waals surface area contributed by atoms with E-state index in [-0.39, 0.29) is 36.1 Å². The monoisotopic (exact) mass is 487 g/mol. The molecule has 8 nitrogen and oxygen atoms in total. The lowest BCUT2D eigenvalue weighted by molar-refractivity contribution is -0.127. The summed E-state index contributed by atoms with van der Waals surface area (Å²) >= 11 is 0. The summed E-state index contributed by atoms with van der Waals surface area (Å²) < 4.78 is 39.9. The summed E-state index contributed by atoms with van der Waals surface area (Å²) in [5.41, 5.74) is -0.638. The highest BCUT2D eigenvalue weighted by molar-refractivity contribution is 7.86. The van der Waals surface area contributed by atoms with Crippen molar-refractivity contribution in [3.05, 3.63) is 0 Å². The van der Waals surface area contributed by atoms with E-state index in [2.05, 4.69) is 39.9 Å². The highest BCUT2D eigenvalue weighted by Gasteiger charge is 2.50. The molecule has 2 saturated heterocycles. The summed E-state index contributed by atoms with van der Waals surface area (Å²) in [5.74, 6) is 0.245. The van der Waals surface area contributed by atoms with Crippen LogP contribution in [0, 0.1) is 11.8 Å². The van der Waals surface area contributed by atoms with Gasteiger partial charge in [-0.2, -0.15) is 17.0 Å². The molecule has 1 atom stereocenters. The molecule has 0 saturated carbocycles. The molecule has 1 amide bonds. The SMILES string of the molecule is CCCCNC(=O)C(CCCCB1OC(C)(C)C(C)(C)O1)C1CCN(S(=O)(=O)N(C)C)CC1. The van der Waals surface area contributed by atoms with Gasteiger partial charge >= 0.3 is 7.12 Å². The zero-order chi connectivity index (χ0) is 24.9. The summed E-state index contributed by atoms with van der Waals surface area (Å²) in [6.07, 6.45) is 6.93. The van der Waals surface area contributed by atoms with E-state index in [0.717, 1.165) is 51.3 Å². The summed E-state index contributed by atoms with van der Waals surface area (Å²) in [5, 5.41) is 3.12. The van der Waals surface area contributed by atoms with Crippen molar-refractivity contribution >= 4 is 23.2 Å². The van der Waals surface area contributed by atoms with Crippen molar-refractivity contribution in [2.75, 3.05) is 33.7 Å². The van der Waals surface area contributed by atoms with Gasteiger partial charge in [0, 0.05) is 39.6 Å². The number of nitrogens with zero attached hydrogens (tertiary/aromatic N) is 2. The fourth-order valence-corrected chi connectivity index (χ4v) is 5.73. The summed E-state index contributed by atoms with van der Waals surface area (Å²) in [4.78, 5) is 13.0. The fraction of sp³-hybridized carbons (Fsp3) is 0.957. The van der Waals surface area contributed by atoms with Crippen LogP contribution in [0.2, 0.25) is 6.32 Å². The minimum absolute atomic E-state index is 0.0793. The molecule has 0 aromatic rings. The molecule has 0 aliphatic carbocycles. The smallest absolute Gasteiger partial charge is 0.403 e. The molecular weight excluding hydrogens is 441 g/mol. The molecule has 0 radical (unpaired) electrons. The Morgan fingerprint density at radius 3 is 2.18 bits per heavy atom. The average Bonchev–Trinajstić information content (AvgIpc) is 2.94. The third-order valence-electron chi connectivity index (χ3n) is 7.53. The minimum Gasteiger partial charge on any atom is -0.403 e. The maximum Gasteiger partial charge on any atom is 0.457 e. The van der Waals surface area contributed by atoms with Crippen LogP contribution in [0.25, 0.3) is 0 Å². The quantitative estimate of drug-likeness (QED) is 0.337. The molecule has 2 aliphatic heterocycles. The second-order valence-corrected chi connectivity index (χ2v) is 12.9. The van der Waals surface area contributed by atoms with Crippen LogP contribution < -0.4 is 5.32 Å². The van der Waals surface area contributed by atoms with Gasteiger partial charge in [0.1, 0.15) is 0 Å². The Morgan fingerprint density at radius 2 is 1.67 bits per heavy atom. The lowest BCUT2D eigenvalue weighted by Crippen LogP contribution is -2.47. The fourth-order valence-electron chi connectivity index (χ4n) is 4.60. The Labute approximate surface area is 202 Å². The molecule has 2 aliphatic rings. The number of hydrogen-bond donors (Lipinski definition) is 1. The molecule has 0 aromatic carbocycles. The van der Waals surface area contributed by atoms with Crippen molar-refractivity contribution in [1.82, 2.24) is 13.9 Å². The summed E-state index contributed by atoms with van der Waals surface area (Å²) in [7, 11) is -0.479. The van der Waals surface area contributed by atoms with Crippen LogP contribution in [0.5, 0.6) is 0 Å². The number of piperidine rings is 1. The predicted octanol–water partition coefficient (Wildman–Crippen LogP) is 3.30. The number of rotatable bonds is 12. The minimum atomic E-state index is -3.40. The van der Waals surface area contributed by atoms with Gasteiger partial charge in [0.25, 0.3) is 10.2 Å². The molecule has 0 aromatic heterocycles. The first-order valence-electron chi connectivity index (χ1n) is 12.6. The van der Waals surface area contributed by atoms with Crippen LogP contribution in [0.15, 0.2) is 0 Å². The predicted molar refractivity (Wildman–Crippen MR) is 133 cm³/mol. The maximum atomic E-state index is 13.0. The summed E-state index contributed by atoms with van der Waals surface area (Å²) in [6.45, 7) is 12.0. The van der Waals surface area contributed by atoms with Gasteiger partial charge in [0.2, 0.25) is 5.91 Å². The zero-order valence-electron chi connectivity index (χ0n) is 21.9. The number of nitrogens with one attached hydrogen (secondary N) is 1. The van der Waals surface area contributed by atoms with E-state index < -0.39 is 10.2 Å². The van der Waals surface area contributed by atoms with Gasteiger partial charge in [-0.15, -0.1) is 0 Å². The first kappa shape index (κ1) is 28.6. The highest BCUT2D eigenvalue weighted by Crippen LogP contribution is 2.38. The Hall–Kier alpha value is -0.675. The van der Waals surface area contributed by atoms with Crippen LogP contribution in [0.3, 0.4) is 0 Å². The van der Waals surface area contributed by atoms with Crippen LogP contribution in [-0.4, -0.2) is 75.0 Å². The summed E-state index contributed by atoms with van der Waals surface area (Å²) in [6, 6.07) is 0. The van der Waals surface area contributed by atoms with Crippen molar-refractivity contribution in [3.63, 3.8) is 0 Å². The topological polar surface area (TPSA) is 88.2 Å². The first-order valence-corrected chi connectivity index (χ1v) is 14.0. The highest BCUT2D eigenvalue weighted by atomic mass is 32.2. The molecule has 0 bridgehead atoms. The van der Waals surface area contributed by atoms with Gasteiger partial charge in [-0.3, -0.25) is 4.79 Å². The third kappa shape index (κ3) is 7.40. The third-order valence-corrected chi connectivity index (χ3v) is 9.47. The van der Waals surface area contributed by atoms with Crippen molar-refractivity contribution in [2.24, 2.45) is 11.8 Å². The average molecular weight is 488 g/mol. The van der Waals surface area contributed by atoms with Crippen LogP contribution in [-0.2, 0) is 24.3 Å². The first-order chi connectivity index (χ1) is 15.3. The van der Waals surface area contributed by atoms with E-state index in [1.807, 2.05) is 0 Å². The number of hydrogen-bond acceptors (Lipinski definition) is 5. The van der Waals surface area contributed by atoms with E-state index in [4.69, 9.17) is 9.31 Å². The normalized spacial score (nSPS) is 22.6. The number of amides is 1. The van der Waals surface area contributed by atoms with Crippen LogP contribution >= 0.6 is 0 Å². The lowest BCUT2D eigenvalue weighted by atomic mass is 9.78. The van der Waals surface area contributed by atoms with Crippen molar-refractivity contribution in [3.8, 4) is 0 Å².